The molecule has 0 atom stereocenters. The number of piperazine rings is 1. The topological polar surface area (TPSA) is 94.6 Å². The van der Waals surface area contributed by atoms with Crippen LogP contribution in [0.25, 0.3) is 0 Å². The molecule has 1 aliphatic rings. The third-order valence-electron chi connectivity index (χ3n) is 4.89. The number of aromatic nitrogens is 2. The van der Waals surface area contributed by atoms with Crippen LogP contribution in [0.3, 0.4) is 0 Å². The van der Waals surface area contributed by atoms with Gasteiger partial charge in [-0.05, 0) is 13.8 Å². The van der Waals surface area contributed by atoms with Crippen molar-refractivity contribution in [2.75, 3.05) is 50.7 Å². The van der Waals surface area contributed by atoms with Gasteiger partial charge in [-0.25, -0.2) is 4.79 Å². The Morgan fingerprint density at radius 3 is 2.15 bits per heavy atom. The summed E-state index contributed by atoms with van der Waals surface area (Å²) in [5, 5.41) is 9.39. The Kier molecular flexibility index (Phi) is 6.21. The summed E-state index contributed by atoms with van der Waals surface area (Å²) in [6, 6.07) is 1.93. The minimum atomic E-state index is -0.579. The zero-order valence-electron chi connectivity index (χ0n) is 15.9. The van der Waals surface area contributed by atoms with E-state index in [1.54, 1.807) is 11.9 Å². The van der Waals surface area contributed by atoms with E-state index in [0.717, 1.165) is 4.57 Å². The second-order valence-electron chi connectivity index (χ2n) is 6.35. The van der Waals surface area contributed by atoms with Crippen molar-refractivity contribution < 1.29 is 4.79 Å². The maximum Gasteiger partial charge on any atom is 0.332 e. The number of likely N-dealkylation sites (N-methyl/N-ethyl adjacent to an activating group) is 1. The first-order valence-corrected chi connectivity index (χ1v) is 8.80. The number of rotatable bonds is 5. The Hall–Kier alpha value is -2.60. The predicted octanol–water partition coefficient (Wildman–Crippen LogP) is -1.05. The van der Waals surface area contributed by atoms with Crippen molar-refractivity contribution in [3.05, 3.63) is 26.4 Å². The third kappa shape index (κ3) is 3.65. The number of carbonyl (C=O) groups is 1. The Morgan fingerprint density at radius 2 is 1.65 bits per heavy atom. The Labute approximate surface area is 152 Å². The molecule has 0 bridgehead atoms. The SMILES string of the molecule is CCN(CC)C(=O)CN1CCN(c2c(C#N)c(=O)n(C)c(=O)n2C)CC1. The Bertz CT molecular complexity index is 823. The summed E-state index contributed by atoms with van der Waals surface area (Å²) in [5.74, 6) is 0.456. The molecular weight excluding hydrogens is 336 g/mol. The van der Waals surface area contributed by atoms with E-state index < -0.39 is 11.2 Å². The molecule has 1 amide bonds. The highest BCUT2D eigenvalue weighted by molar-refractivity contribution is 5.78. The Balaban J connectivity index is 2.17. The van der Waals surface area contributed by atoms with E-state index in [9.17, 15) is 19.6 Å². The lowest BCUT2D eigenvalue weighted by Gasteiger charge is -2.37. The highest BCUT2D eigenvalue weighted by Crippen LogP contribution is 2.17. The normalized spacial score (nSPS) is 15.0. The summed E-state index contributed by atoms with van der Waals surface area (Å²) in [6.45, 7) is 7.99. The van der Waals surface area contributed by atoms with Crippen LogP contribution in [0.1, 0.15) is 19.4 Å². The molecule has 1 aromatic heterocycles. The first-order chi connectivity index (χ1) is 12.3. The number of carbonyl (C=O) groups excluding carboxylic acids is 1. The quantitative estimate of drug-likeness (QED) is 0.663. The molecule has 1 fully saturated rings. The molecule has 9 nitrogen and oxygen atoms in total. The van der Waals surface area contributed by atoms with Crippen molar-refractivity contribution in [2.24, 2.45) is 14.1 Å². The maximum absolute atomic E-state index is 12.2. The van der Waals surface area contributed by atoms with Crippen molar-refractivity contribution in [1.29, 1.82) is 5.26 Å². The molecule has 0 radical (unpaired) electrons. The zero-order chi connectivity index (χ0) is 19.4. The number of hydrogen-bond acceptors (Lipinski definition) is 6. The zero-order valence-corrected chi connectivity index (χ0v) is 15.9. The average molecular weight is 362 g/mol. The molecule has 0 unspecified atom stereocenters. The van der Waals surface area contributed by atoms with Crippen molar-refractivity contribution in [3.63, 3.8) is 0 Å². The summed E-state index contributed by atoms with van der Waals surface area (Å²) in [6.07, 6.45) is 0. The smallest absolute Gasteiger partial charge is 0.332 e. The van der Waals surface area contributed by atoms with E-state index in [1.165, 1.54) is 11.6 Å². The molecule has 26 heavy (non-hydrogen) atoms. The molecule has 0 N–H and O–H groups in total. The molecule has 1 aromatic rings. The van der Waals surface area contributed by atoms with E-state index in [2.05, 4.69) is 4.90 Å². The van der Waals surface area contributed by atoms with Gasteiger partial charge in [-0.3, -0.25) is 23.6 Å². The van der Waals surface area contributed by atoms with Crippen LogP contribution in [0.4, 0.5) is 5.82 Å². The second kappa shape index (κ2) is 8.19. The van der Waals surface area contributed by atoms with Crippen LogP contribution in [0.15, 0.2) is 9.59 Å². The molecular formula is C17H26N6O3. The van der Waals surface area contributed by atoms with Crippen LogP contribution in [-0.2, 0) is 18.9 Å². The van der Waals surface area contributed by atoms with Crippen molar-refractivity contribution in [3.8, 4) is 6.07 Å². The molecule has 2 heterocycles. The summed E-state index contributed by atoms with van der Waals surface area (Å²) in [7, 11) is 2.93. The lowest BCUT2D eigenvalue weighted by molar-refractivity contribution is -0.132. The fourth-order valence-corrected chi connectivity index (χ4v) is 3.29. The van der Waals surface area contributed by atoms with Gasteiger partial charge in [0.2, 0.25) is 5.91 Å². The second-order valence-corrected chi connectivity index (χ2v) is 6.35. The van der Waals surface area contributed by atoms with E-state index in [0.29, 0.717) is 51.6 Å². The third-order valence-corrected chi connectivity index (χ3v) is 4.89. The summed E-state index contributed by atoms with van der Waals surface area (Å²) in [5.41, 5.74) is -1.06. The monoisotopic (exact) mass is 362 g/mol. The van der Waals surface area contributed by atoms with Crippen molar-refractivity contribution in [1.82, 2.24) is 18.9 Å². The largest absolute Gasteiger partial charge is 0.354 e. The molecule has 9 heteroatoms. The lowest BCUT2D eigenvalue weighted by atomic mass is 10.2. The van der Waals surface area contributed by atoms with Crippen LogP contribution in [-0.4, -0.2) is 70.7 Å². The van der Waals surface area contributed by atoms with Gasteiger partial charge in [0.15, 0.2) is 5.56 Å². The molecule has 0 aromatic carbocycles. The minimum absolute atomic E-state index is 0.0257. The van der Waals surface area contributed by atoms with Crippen LogP contribution in [0.2, 0.25) is 0 Å². The first-order valence-electron chi connectivity index (χ1n) is 8.80. The summed E-state index contributed by atoms with van der Waals surface area (Å²) < 4.78 is 2.29. The van der Waals surface area contributed by atoms with E-state index >= 15 is 0 Å². The maximum atomic E-state index is 12.2. The molecule has 0 aliphatic carbocycles. The average Bonchev–Trinajstić information content (AvgIpc) is 2.64. The van der Waals surface area contributed by atoms with Crippen LogP contribution in [0, 0.1) is 11.3 Å². The number of hydrogen-bond donors (Lipinski definition) is 0. The van der Waals surface area contributed by atoms with Gasteiger partial charge in [0.05, 0.1) is 6.54 Å². The highest BCUT2D eigenvalue weighted by Gasteiger charge is 2.26. The first kappa shape index (κ1) is 19.7. The highest BCUT2D eigenvalue weighted by atomic mass is 16.2. The van der Waals surface area contributed by atoms with Crippen LogP contribution >= 0.6 is 0 Å². The van der Waals surface area contributed by atoms with E-state index in [-0.39, 0.29) is 11.5 Å². The number of amides is 1. The lowest BCUT2D eigenvalue weighted by Crippen LogP contribution is -2.52. The number of nitrogens with zero attached hydrogens (tertiary/aromatic N) is 6. The number of nitriles is 1. The van der Waals surface area contributed by atoms with E-state index in [4.69, 9.17) is 0 Å². The van der Waals surface area contributed by atoms with Gasteiger partial charge in [0.25, 0.3) is 5.56 Å². The van der Waals surface area contributed by atoms with Gasteiger partial charge in [-0.15, -0.1) is 0 Å². The van der Waals surface area contributed by atoms with Gasteiger partial charge in [-0.2, -0.15) is 5.26 Å². The predicted molar refractivity (Wildman–Crippen MR) is 98.2 cm³/mol. The summed E-state index contributed by atoms with van der Waals surface area (Å²) in [4.78, 5) is 42.4. The minimum Gasteiger partial charge on any atom is -0.354 e. The van der Waals surface area contributed by atoms with Crippen molar-refractivity contribution >= 4 is 11.7 Å². The Morgan fingerprint density at radius 1 is 1.08 bits per heavy atom. The van der Waals surface area contributed by atoms with Crippen LogP contribution < -0.4 is 16.1 Å². The standard InChI is InChI=1S/C17H26N6O3/c1-5-22(6-2)14(24)12-21-7-9-23(10-8-21)15-13(11-18)16(25)20(4)17(26)19(15)3/h5-10,12H2,1-4H3. The summed E-state index contributed by atoms with van der Waals surface area (Å²) >= 11 is 0. The van der Waals surface area contributed by atoms with Gasteiger partial charge in [0.1, 0.15) is 11.9 Å². The van der Waals surface area contributed by atoms with Crippen LogP contribution in [0.5, 0.6) is 0 Å². The fourth-order valence-electron chi connectivity index (χ4n) is 3.29. The van der Waals surface area contributed by atoms with Gasteiger partial charge in [0, 0.05) is 53.4 Å². The fraction of sp³-hybridized carbons (Fsp3) is 0.647. The molecule has 1 saturated heterocycles. The van der Waals surface area contributed by atoms with Crippen molar-refractivity contribution in [2.45, 2.75) is 13.8 Å². The molecule has 1 aliphatic heterocycles. The molecule has 2 rings (SSSR count). The van der Waals surface area contributed by atoms with E-state index in [1.807, 2.05) is 24.8 Å². The van der Waals surface area contributed by atoms with Gasteiger partial charge in [-0.1, -0.05) is 0 Å². The molecule has 142 valence electrons. The number of anilines is 1. The molecule has 0 spiro atoms. The van der Waals surface area contributed by atoms with Gasteiger partial charge < -0.3 is 9.80 Å². The molecule has 0 saturated carbocycles. The van der Waals surface area contributed by atoms with Gasteiger partial charge >= 0.3 is 5.69 Å².